The second-order valence-electron chi connectivity index (χ2n) is 19.4. The van der Waals surface area contributed by atoms with E-state index in [1.807, 2.05) is 0 Å². The standard InChI is InChI=1S/C50H71N13O17S2/c51-36(66)20-31-45(75)62-33(48(78)63-16-5-9-34(63)47(77)58-28(8-4-15-55-50(53)54)42(72)56-21-37(52)67)24-82-81-17-14-38(68)57-29(19-26-10-12-27(65)13-11-26)43(73)59-30(18-25-6-2-1-3-7-25)44(74)61-32(46(76)60-31)23-79-49-41(71)40(70)39(69)35(22-64)80-49/h1-3,6-7,10-13,28-35,39-41,49,64-65,69-71H,4-5,8-9,14-24H2,(H2,51,66)(H2,52,67)(H,56,72)(H,57,68)(H,58,77)(H,59,73)(H,60,76)(H,61,74)(H,62,75)(H4,53,54,55)/t28-,29-,30+,31+,32+,33+,34+,35-,39+,40+,41-,49-/m1/s1. The van der Waals surface area contributed by atoms with Gasteiger partial charge in [0.2, 0.25) is 59.1 Å². The van der Waals surface area contributed by atoms with Crippen LogP contribution in [0.2, 0.25) is 0 Å². The number of amides is 10. The summed E-state index contributed by atoms with van der Waals surface area (Å²) in [5, 5.41) is 69.2. The Balaban J connectivity index is 1.50. The molecule has 10 amide bonds. The van der Waals surface area contributed by atoms with Crippen LogP contribution < -0.4 is 60.2 Å². The Kier molecular flexibility index (Phi) is 25.8. The van der Waals surface area contributed by atoms with Crippen LogP contribution >= 0.6 is 21.6 Å². The van der Waals surface area contributed by atoms with E-state index in [4.69, 9.17) is 32.4 Å². The first-order valence-corrected chi connectivity index (χ1v) is 28.5. The number of aliphatic imine (C=N–C) groups is 1. The smallest absolute Gasteiger partial charge is 0.246 e. The van der Waals surface area contributed by atoms with E-state index >= 15 is 0 Å². The molecule has 30 nitrogen and oxygen atoms in total. The Bertz CT molecular complexity index is 2590. The van der Waals surface area contributed by atoms with Crippen molar-refractivity contribution in [3.63, 3.8) is 0 Å². The van der Waals surface area contributed by atoms with Crippen molar-refractivity contribution in [2.24, 2.45) is 27.9 Å². The number of guanidine groups is 1. The molecule has 0 aromatic heterocycles. The van der Waals surface area contributed by atoms with Crippen LogP contribution in [0, 0.1) is 0 Å². The number of aliphatic hydroxyl groups is 4. The van der Waals surface area contributed by atoms with Gasteiger partial charge in [-0.2, -0.15) is 0 Å². The van der Waals surface area contributed by atoms with E-state index in [0.717, 1.165) is 21.6 Å². The molecule has 32 heteroatoms. The van der Waals surface area contributed by atoms with Gasteiger partial charge < -0.3 is 100 Å². The van der Waals surface area contributed by atoms with Crippen molar-refractivity contribution < 1.29 is 83.0 Å². The topological polar surface area (TPSA) is 494 Å². The van der Waals surface area contributed by atoms with Crippen LogP contribution in [-0.2, 0) is 70.3 Å². The molecule has 3 aliphatic rings. The van der Waals surface area contributed by atoms with Gasteiger partial charge in [0.25, 0.3) is 0 Å². The van der Waals surface area contributed by atoms with E-state index in [9.17, 15) is 73.5 Å². The molecule has 5 rings (SSSR count). The van der Waals surface area contributed by atoms with E-state index < -0.39 is 158 Å². The first-order chi connectivity index (χ1) is 39.0. The van der Waals surface area contributed by atoms with Gasteiger partial charge in [-0.1, -0.05) is 64.1 Å². The van der Waals surface area contributed by atoms with Crippen molar-refractivity contribution in [3.05, 3.63) is 65.7 Å². The summed E-state index contributed by atoms with van der Waals surface area (Å²) in [6.45, 7) is -2.33. The van der Waals surface area contributed by atoms with Crippen LogP contribution in [0.15, 0.2) is 59.6 Å². The van der Waals surface area contributed by atoms with Gasteiger partial charge in [0.05, 0.1) is 26.2 Å². The lowest BCUT2D eigenvalue weighted by Crippen LogP contribution is -2.62. The molecule has 3 saturated heterocycles. The van der Waals surface area contributed by atoms with Crippen molar-refractivity contribution in [3.8, 4) is 5.75 Å². The normalized spacial score (nSPS) is 26.5. The summed E-state index contributed by atoms with van der Waals surface area (Å²) >= 11 is 0. The highest BCUT2D eigenvalue weighted by atomic mass is 33.1. The SMILES string of the molecule is NC(=O)CNC(=O)[C@@H](CCCN=C(N)N)NC(=O)[C@@H]1CCCN1C(=O)[C@@H]1CSSCCC(=O)N[C@H](Cc2ccc(O)cc2)C(=O)N[C@@H](Cc2ccccc2)C(=O)N[C@@H](CO[C@@H]2O[C@H](CO)[C@H](O)[C@H](O)[C@H]2O)C(=O)N[C@@H](CC(N)=O)C(=O)N1. The second-order valence-corrected chi connectivity index (χ2v) is 22.0. The number of hydrogen-bond acceptors (Lipinski definition) is 20. The number of nitrogens with one attached hydrogen (secondary N) is 7. The van der Waals surface area contributed by atoms with E-state index in [0.29, 0.717) is 11.1 Å². The van der Waals surface area contributed by atoms with Gasteiger partial charge in [0.1, 0.15) is 72.5 Å². The van der Waals surface area contributed by atoms with Crippen LogP contribution in [0.25, 0.3) is 0 Å². The maximum Gasteiger partial charge on any atom is 0.246 e. The predicted octanol–water partition coefficient (Wildman–Crippen LogP) is -6.79. The average Bonchev–Trinajstić information content (AvgIpc) is 4.14. The fraction of sp³-hybridized carbons (Fsp3) is 0.540. The molecule has 2 aromatic carbocycles. The Hall–Kier alpha value is -7.33. The number of nitrogens with two attached hydrogens (primary N) is 4. The Morgan fingerprint density at radius 2 is 1.39 bits per heavy atom. The first kappa shape index (κ1) is 65.5. The third kappa shape index (κ3) is 20.3. The van der Waals surface area contributed by atoms with Gasteiger partial charge in [-0.3, -0.25) is 52.9 Å². The number of carbonyl (C=O) groups excluding carboxylic acids is 10. The largest absolute Gasteiger partial charge is 0.508 e. The van der Waals surface area contributed by atoms with Crippen molar-refractivity contribution in [2.45, 2.75) is 124 Å². The summed E-state index contributed by atoms with van der Waals surface area (Å²) in [6, 6.07) is 3.34. The predicted molar refractivity (Wildman–Crippen MR) is 293 cm³/mol. The quantitative estimate of drug-likeness (QED) is 0.0254. The number of rotatable bonds is 20. The van der Waals surface area contributed by atoms with E-state index in [-0.39, 0.29) is 81.3 Å². The molecule has 450 valence electrons. The van der Waals surface area contributed by atoms with Crippen molar-refractivity contribution in [2.75, 3.05) is 44.4 Å². The number of carbonyl (C=O) groups is 10. The minimum Gasteiger partial charge on any atom is -0.508 e. The highest BCUT2D eigenvalue weighted by Gasteiger charge is 2.45. The number of primary amides is 2. The number of benzene rings is 2. The third-order valence-electron chi connectivity index (χ3n) is 13.1. The third-order valence-corrected chi connectivity index (χ3v) is 15.5. The lowest BCUT2D eigenvalue weighted by atomic mass is 9.99. The molecule has 20 N–H and O–H groups in total. The van der Waals surface area contributed by atoms with Crippen molar-refractivity contribution >= 4 is 86.6 Å². The molecule has 82 heavy (non-hydrogen) atoms. The van der Waals surface area contributed by atoms with Crippen LogP contribution in [0.3, 0.4) is 0 Å². The molecule has 3 fully saturated rings. The summed E-state index contributed by atoms with van der Waals surface area (Å²) in [4.78, 5) is 143. The molecule has 2 aromatic rings. The Morgan fingerprint density at radius 1 is 0.768 bits per heavy atom. The van der Waals surface area contributed by atoms with Crippen LogP contribution in [0.5, 0.6) is 5.75 Å². The van der Waals surface area contributed by atoms with Gasteiger partial charge in [-0.25, -0.2) is 0 Å². The average molecular weight is 1190 g/mol. The number of aliphatic hydroxyl groups excluding tert-OH is 4. The molecule has 0 spiro atoms. The fourth-order valence-electron chi connectivity index (χ4n) is 8.81. The van der Waals surface area contributed by atoms with E-state index in [1.165, 1.54) is 29.2 Å². The number of nitrogens with zero attached hydrogens (tertiary/aromatic N) is 2. The number of aromatic hydroxyl groups is 1. The number of ether oxygens (including phenoxy) is 2. The van der Waals surface area contributed by atoms with Gasteiger partial charge in [0.15, 0.2) is 12.2 Å². The summed E-state index contributed by atoms with van der Waals surface area (Å²) in [5.74, 6) is -9.79. The van der Waals surface area contributed by atoms with E-state index in [1.54, 1.807) is 30.3 Å². The van der Waals surface area contributed by atoms with Crippen molar-refractivity contribution in [1.29, 1.82) is 0 Å². The van der Waals surface area contributed by atoms with Gasteiger partial charge in [-0.15, -0.1) is 0 Å². The van der Waals surface area contributed by atoms with E-state index in [2.05, 4.69) is 42.2 Å². The van der Waals surface area contributed by atoms with Gasteiger partial charge in [0, 0.05) is 43.9 Å². The molecular formula is C50H71N13O17S2. The minimum absolute atomic E-state index is 0.0176. The van der Waals surface area contributed by atoms with Gasteiger partial charge in [-0.05, 0) is 48.9 Å². The van der Waals surface area contributed by atoms with Crippen LogP contribution in [0.1, 0.15) is 49.7 Å². The highest BCUT2D eigenvalue weighted by molar-refractivity contribution is 8.76. The van der Waals surface area contributed by atoms with Crippen LogP contribution in [0.4, 0.5) is 0 Å². The zero-order chi connectivity index (χ0) is 60.0. The Labute approximate surface area is 478 Å². The second kappa shape index (κ2) is 32.3. The van der Waals surface area contributed by atoms with Crippen molar-refractivity contribution in [1.82, 2.24) is 42.1 Å². The highest BCUT2D eigenvalue weighted by Crippen LogP contribution is 2.27. The molecule has 0 radical (unpaired) electrons. The summed E-state index contributed by atoms with van der Waals surface area (Å²) in [6.07, 6.45) is -10.0. The molecule has 12 atom stereocenters. The molecule has 0 unspecified atom stereocenters. The lowest BCUT2D eigenvalue weighted by molar-refractivity contribution is -0.301. The molecule has 3 heterocycles. The zero-order valence-corrected chi connectivity index (χ0v) is 46.0. The molecule has 3 aliphatic heterocycles. The summed E-state index contributed by atoms with van der Waals surface area (Å²) in [5.41, 5.74) is 22.7. The number of phenolic OH excluding ortho intramolecular Hbond substituents is 1. The molecule has 0 bridgehead atoms. The fourth-order valence-corrected chi connectivity index (χ4v) is 11.0. The maximum atomic E-state index is 14.7. The summed E-state index contributed by atoms with van der Waals surface area (Å²) < 4.78 is 11.2. The van der Waals surface area contributed by atoms with Gasteiger partial charge >= 0.3 is 0 Å². The monoisotopic (exact) mass is 1190 g/mol. The Morgan fingerprint density at radius 3 is 2.04 bits per heavy atom. The molecule has 0 aliphatic carbocycles. The number of hydrogen-bond donors (Lipinski definition) is 16. The maximum absolute atomic E-state index is 14.7. The minimum atomic E-state index is -1.99. The zero-order valence-electron chi connectivity index (χ0n) is 44.4. The number of phenols is 1. The number of likely N-dealkylation sites (tertiary alicyclic amines) is 1. The molecular weight excluding hydrogens is 1120 g/mol. The molecule has 0 saturated carbocycles. The lowest BCUT2D eigenvalue weighted by Gasteiger charge is -2.40. The van der Waals surface area contributed by atoms with Crippen LogP contribution in [-0.4, -0.2) is 213 Å². The first-order valence-electron chi connectivity index (χ1n) is 26.0. The summed E-state index contributed by atoms with van der Waals surface area (Å²) in [7, 11) is 2.11.